The van der Waals surface area contributed by atoms with Crippen molar-refractivity contribution in [2.24, 2.45) is 0 Å². The van der Waals surface area contributed by atoms with Crippen LogP contribution >= 0.6 is 62.1 Å². The van der Waals surface area contributed by atoms with Gasteiger partial charge in [0.05, 0.1) is 15.7 Å². The Morgan fingerprint density at radius 1 is 1.22 bits per heavy atom. The summed E-state index contributed by atoms with van der Waals surface area (Å²) in [6.45, 7) is 0. The number of amides is 1. The summed E-state index contributed by atoms with van der Waals surface area (Å²) < 4.78 is 0.839. The van der Waals surface area contributed by atoms with E-state index < -0.39 is 5.91 Å². The van der Waals surface area contributed by atoms with Crippen LogP contribution in [0.15, 0.2) is 16.6 Å². The molecule has 2 rings (SSSR count). The van der Waals surface area contributed by atoms with Gasteiger partial charge < -0.3 is 5.32 Å². The Morgan fingerprint density at radius 3 is 2.56 bits per heavy atom. The summed E-state index contributed by atoms with van der Waals surface area (Å²) in [5.74, 6) is -0.445. The first kappa shape index (κ1) is 14.0. The van der Waals surface area contributed by atoms with Crippen molar-refractivity contribution in [3.8, 4) is 0 Å². The van der Waals surface area contributed by atoms with Crippen LogP contribution in [0.3, 0.4) is 0 Å². The molecule has 2 aromatic rings. The average Bonchev–Trinajstić information content (AvgIpc) is 2.77. The topological polar surface area (TPSA) is 54.9 Å². The predicted molar refractivity (Wildman–Crippen MR) is 77.0 cm³/mol. The van der Waals surface area contributed by atoms with E-state index in [1.165, 1.54) is 0 Å². The zero-order valence-corrected chi connectivity index (χ0v) is 13.0. The van der Waals surface area contributed by atoms with Crippen LogP contribution in [0.5, 0.6) is 0 Å². The van der Waals surface area contributed by atoms with Crippen molar-refractivity contribution in [1.29, 1.82) is 0 Å². The molecule has 4 nitrogen and oxygen atoms in total. The summed E-state index contributed by atoms with van der Waals surface area (Å²) in [4.78, 5) is 11.8. The van der Waals surface area contributed by atoms with Gasteiger partial charge in [-0.1, -0.05) is 34.5 Å². The molecule has 0 unspecified atom stereocenters. The van der Waals surface area contributed by atoms with Crippen LogP contribution in [0.2, 0.25) is 14.5 Å². The van der Waals surface area contributed by atoms with Crippen molar-refractivity contribution in [2.75, 3.05) is 5.32 Å². The van der Waals surface area contributed by atoms with Gasteiger partial charge in [0.1, 0.15) is 0 Å². The second kappa shape index (κ2) is 5.71. The third-order valence-electron chi connectivity index (χ3n) is 1.88. The van der Waals surface area contributed by atoms with Crippen LogP contribution in [0.4, 0.5) is 5.69 Å². The average molecular weight is 387 g/mol. The maximum Gasteiger partial charge on any atom is 0.286 e. The monoisotopic (exact) mass is 385 g/mol. The SMILES string of the molecule is O=C(Nc1ccc(Br)c(Cl)c1Cl)c1nnc(Cl)s1. The lowest BCUT2D eigenvalue weighted by molar-refractivity contribution is 0.102. The van der Waals surface area contributed by atoms with Crippen molar-refractivity contribution in [1.82, 2.24) is 10.2 Å². The highest BCUT2D eigenvalue weighted by Crippen LogP contribution is 2.36. The Hall–Kier alpha value is -0.400. The van der Waals surface area contributed by atoms with Crippen LogP contribution in [-0.4, -0.2) is 16.1 Å². The zero-order valence-electron chi connectivity index (χ0n) is 8.38. The molecular formula is C9H3BrCl3N3OS. The summed E-state index contributed by atoms with van der Waals surface area (Å²) in [5, 5.41) is 10.5. The van der Waals surface area contributed by atoms with Crippen LogP contribution in [-0.2, 0) is 0 Å². The Balaban J connectivity index is 2.25. The van der Waals surface area contributed by atoms with Crippen molar-refractivity contribution in [3.63, 3.8) is 0 Å². The van der Waals surface area contributed by atoms with E-state index in [4.69, 9.17) is 34.8 Å². The standard InChI is InChI=1S/C9H3BrCl3N3OS/c10-3-1-2-4(6(12)5(3)11)14-7(17)8-15-16-9(13)18-8/h1-2H,(H,14,17). The Morgan fingerprint density at radius 2 is 1.94 bits per heavy atom. The largest absolute Gasteiger partial charge is 0.318 e. The molecule has 0 aliphatic carbocycles. The number of anilines is 1. The third-order valence-corrected chi connectivity index (χ3v) is 4.67. The number of hydrogen-bond acceptors (Lipinski definition) is 4. The highest BCUT2D eigenvalue weighted by Gasteiger charge is 2.15. The van der Waals surface area contributed by atoms with E-state index in [0.717, 1.165) is 11.3 Å². The lowest BCUT2D eigenvalue weighted by atomic mass is 10.3. The molecule has 0 spiro atoms. The van der Waals surface area contributed by atoms with Crippen molar-refractivity contribution < 1.29 is 4.79 Å². The summed E-state index contributed by atoms with van der Waals surface area (Å²) >= 11 is 21.7. The van der Waals surface area contributed by atoms with Gasteiger partial charge in [-0.05, 0) is 39.7 Å². The molecule has 0 aliphatic rings. The molecule has 0 bridgehead atoms. The smallest absolute Gasteiger partial charge is 0.286 e. The van der Waals surface area contributed by atoms with Gasteiger partial charge in [0.25, 0.3) is 5.91 Å². The molecule has 0 fully saturated rings. The van der Waals surface area contributed by atoms with Gasteiger partial charge in [-0.25, -0.2) is 0 Å². The highest BCUT2D eigenvalue weighted by atomic mass is 79.9. The van der Waals surface area contributed by atoms with Gasteiger partial charge in [-0.15, -0.1) is 10.2 Å². The molecule has 0 atom stereocenters. The van der Waals surface area contributed by atoms with Crippen LogP contribution in [0.1, 0.15) is 9.80 Å². The number of hydrogen-bond donors (Lipinski definition) is 1. The molecular weight excluding hydrogens is 384 g/mol. The number of carbonyl (C=O) groups excluding carboxylic acids is 1. The number of rotatable bonds is 2. The Bertz CT molecular complexity index is 619. The first-order valence-electron chi connectivity index (χ1n) is 4.43. The number of nitrogens with one attached hydrogen (secondary N) is 1. The molecule has 1 aromatic carbocycles. The lowest BCUT2D eigenvalue weighted by Crippen LogP contribution is -2.12. The fourth-order valence-electron chi connectivity index (χ4n) is 1.10. The Labute approximate surface area is 129 Å². The quantitative estimate of drug-likeness (QED) is 0.771. The van der Waals surface area contributed by atoms with E-state index in [9.17, 15) is 4.79 Å². The maximum absolute atomic E-state index is 11.8. The molecule has 0 aliphatic heterocycles. The molecule has 0 saturated heterocycles. The lowest BCUT2D eigenvalue weighted by Gasteiger charge is -2.07. The van der Waals surface area contributed by atoms with Gasteiger partial charge in [0.2, 0.25) is 9.47 Å². The molecule has 1 N–H and O–H groups in total. The first-order chi connectivity index (χ1) is 8.49. The van der Waals surface area contributed by atoms with Crippen molar-refractivity contribution in [2.45, 2.75) is 0 Å². The fraction of sp³-hybridized carbons (Fsp3) is 0. The van der Waals surface area contributed by atoms with E-state index >= 15 is 0 Å². The molecule has 0 saturated carbocycles. The summed E-state index contributed by atoms with van der Waals surface area (Å²) in [7, 11) is 0. The minimum Gasteiger partial charge on any atom is -0.318 e. The predicted octanol–water partition coefficient (Wildman–Crippen LogP) is 4.51. The highest BCUT2D eigenvalue weighted by molar-refractivity contribution is 9.10. The molecule has 1 amide bonds. The van der Waals surface area contributed by atoms with E-state index in [2.05, 4.69) is 31.4 Å². The minimum absolute atomic E-state index is 0.148. The second-order valence-corrected chi connectivity index (χ2v) is 6.21. The summed E-state index contributed by atoms with van der Waals surface area (Å²) in [6.07, 6.45) is 0. The van der Waals surface area contributed by atoms with E-state index in [1.54, 1.807) is 12.1 Å². The van der Waals surface area contributed by atoms with Crippen LogP contribution in [0, 0.1) is 0 Å². The number of benzene rings is 1. The summed E-state index contributed by atoms with van der Waals surface area (Å²) in [5.41, 5.74) is 0.390. The van der Waals surface area contributed by atoms with Gasteiger partial charge in [-0.2, -0.15) is 0 Å². The van der Waals surface area contributed by atoms with Gasteiger partial charge in [-0.3, -0.25) is 4.79 Å². The molecule has 1 aromatic heterocycles. The normalized spacial score (nSPS) is 10.4. The third kappa shape index (κ3) is 2.95. The number of carbonyl (C=O) groups is 1. The molecule has 94 valence electrons. The Kier molecular flexibility index (Phi) is 4.45. The molecule has 9 heteroatoms. The van der Waals surface area contributed by atoms with Gasteiger partial charge >= 0.3 is 0 Å². The van der Waals surface area contributed by atoms with Gasteiger partial charge in [0.15, 0.2) is 0 Å². The van der Waals surface area contributed by atoms with Crippen LogP contribution < -0.4 is 5.32 Å². The number of halogens is 4. The molecule has 18 heavy (non-hydrogen) atoms. The zero-order chi connectivity index (χ0) is 13.3. The second-order valence-electron chi connectivity index (χ2n) is 3.04. The van der Waals surface area contributed by atoms with Crippen molar-refractivity contribution >= 4 is 73.7 Å². The maximum atomic E-state index is 11.8. The molecule has 1 heterocycles. The van der Waals surface area contributed by atoms with Crippen molar-refractivity contribution in [3.05, 3.63) is 36.1 Å². The summed E-state index contributed by atoms with van der Waals surface area (Å²) in [6, 6.07) is 3.30. The first-order valence-corrected chi connectivity index (χ1v) is 7.17. The number of nitrogens with zero attached hydrogens (tertiary/aromatic N) is 2. The van der Waals surface area contributed by atoms with E-state index in [-0.39, 0.29) is 14.5 Å². The number of aromatic nitrogens is 2. The van der Waals surface area contributed by atoms with Crippen LogP contribution in [0.25, 0.3) is 0 Å². The fourth-order valence-corrected chi connectivity index (χ4v) is 2.64. The van der Waals surface area contributed by atoms with E-state index in [1.807, 2.05) is 0 Å². The van der Waals surface area contributed by atoms with E-state index in [0.29, 0.717) is 15.2 Å². The van der Waals surface area contributed by atoms with Gasteiger partial charge in [0, 0.05) is 4.47 Å². The minimum atomic E-state index is -0.445. The molecule has 0 radical (unpaired) electrons.